The Morgan fingerprint density at radius 2 is 2.06 bits per heavy atom. The summed E-state index contributed by atoms with van der Waals surface area (Å²) in [5.74, 6) is 0.754. The molecule has 1 aliphatic heterocycles. The predicted molar refractivity (Wildman–Crippen MR) is 117 cm³/mol. The average Bonchev–Trinajstić information content (AvgIpc) is 3.28. The van der Waals surface area contributed by atoms with E-state index in [2.05, 4.69) is 20.4 Å². The number of rotatable bonds is 5. The Morgan fingerprint density at radius 3 is 2.90 bits per heavy atom. The lowest BCUT2D eigenvalue weighted by Gasteiger charge is -2.22. The van der Waals surface area contributed by atoms with Crippen molar-refractivity contribution in [1.82, 2.24) is 19.7 Å². The molecule has 31 heavy (non-hydrogen) atoms. The van der Waals surface area contributed by atoms with Crippen molar-refractivity contribution in [2.45, 2.75) is 12.1 Å². The summed E-state index contributed by atoms with van der Waals surface area (Å²) in [5.41, 5.74) is 3.14. The molecule has 2 unspecified atom stereocenters. The maximum Gasteiger partial charge on any atom is 0.267 e. The van der Waals surface area contributed by atoms with E-state index in [0.717, 1.165) is 27.9 Å². The van der Waals surface area contributed by atoms with E-state index in [-0.39, 0.29) is 17.6 Å². The van der Waals surface area contributed by atoms with E-state index in [1.165, 1.54) is 10.7 Å². The number of nitrogens with one attached hydrogen (secondary N) is 1. The van der Waals surface area contributed by atoms with Crippen LogP contribution in [0.2, 0.25) is 0 Å². The van der Waals surface area contributed by atoms with Crippen LogP contribution in [-0.4, -0.2) is 46.1 Å². The first-order valence-corrected chi connectivity index (χ1v) is 10.0. The molecule has 4 aromatic rings. The molecule has 1 aliphatic rings. The van der Waals surface area contributed by atoms with Crippen molar-refractivity contribution in [3.05, 3.63) is 77.5 Å². The monoisotopic (exact) mass is 415 g/mol. The van der Waals surface area contributed by atoms with Crippen molar-refractivity contribution in [3.63, 3.8) is 0 Å². The molecule has 0 spiro atoms. The number of hydrogen-bond donors (Lipinski definition) is 1. The fourth-order valence-electron chi connectivity index (χ4n) is 3.83. The number of anilines is 1. The first-order chi connectivity index (χ1) is 15.2. The van der Waals surface area contributed by atoms with Crippen LogP contribution in [0, 0.1) is 0 Å². The van der Waals surface area contributed by atoms with Crippen LogP contribution in [0.1, 0.15) is 6.04 Å². The topological polar surface area (TPSA) is 91.2 Å². The van der Waals surface area contributed by atoms with Crippen molar-refractivity contribution in [2.24, 2.45) is 0 Å². The molecule has 3 aromatic heterocycles. The van der Waals surface area contributed by atoms with Crippen LogP contribution >= 0.6 is 0 Å². The van der Waals surface area contributed by atoms with E-state index >= 15 is 0 Å². The quantitative estimate of drug-likeness (QED) is 0.536. The number of fused-ring (bicyclic) bond motifs is 1. The molecular formula is C23H21N5O3. The number of pyridine rings is 2. The van der Waals surface area contributed by atoms with Gasteiger partial charge in [-0.3, -0.25) is 14.8 Å². The van der Waals surface area contributed by atoms with Crippen molar-refractivity contribution < 1.29 is 9.47 Å². The van der Waals surface area contributed by atoms with E-state index < -0.39 is 0 Å². The maximum atomic E-state index is 12.7. The van der Waals surface area contributed by atoms with Gasteiger partial charge in [0.25, 0.3) is 5.56 Å². The normalized spacial score (nSPS) is 18.2. The Kier molecular flexibility index (Phi) is 5.05. The highest BCUT2D eigenvalue weighted by molar-refractivity contribution is 5.92. The van der Waals surface area contributed by atoms with Crippen LogP contribution in [0.4, 0.5) is 5.69 Å². The molecule has 1 aromatic carbocycles. The highest BCUT2D eigenvalue weighted by Gasteiger charge is 2.32. The summed E-state index contributed by atoms with van der Waals surface area (Å²) in [6, 6.07) is 14.3. The summed E-state index contributed by atoms with van der Waals surface area (Å²) < 4.78 is 12.6. The third-order valence-electron chi connectivity index (χ3n) is 5.44. The maximum absolute atomic E-state index is 12.7. The molecule has 1 fully saturated rings. The second-order valence-corrected chi connectivity index (χ2v) is 7.34. The van der Waals surface area contributed by atoms with Crippen LogP contribution in [-0.2, 0) is 4.74 Å². The van der Waals surface area contributed by atoms with E-state index in [4.69, 9.17) is 9.47 Å². The van der Waals surface area contributed by atoms with Gasteiger partial charge in [0.2, 0.25) is 0 Å². The van der Waals surface area contributed by atoms with Gasteiger partial charge >= 0.3 is 0 Å². The van der Waals surface area contributed by atoms with Gasteiger partial charge in [-0.2, -0.15) is 5.10 Å². The summed E-state index contributed by atoms with van der Waals surface area (Å²) in [5, 5.41) is 9.10. The van der Waals surface area contributed by atoms with Gasteiger partial charge in [-0.1, -0.05) is 0 Å². The predicted octanol–water partition coefficient (Wildman–Crippen LogP) is 2.91. The molecule has 5 rings (SSSR count). The Bertz CT molecular complexity index is 1280. The minimum atomic E-state index is -0.252. The number of nitrogens with zero attached hydrogens (tertiary/aromatic N) is 4. The van der Waals surface area contributed by atoms with Gasteiger partial charge in [0.1, 0.15) is 11.8 Å². The van der Waals surface area contributed by atoms with Crippen molar-refractivity contribution in [2.75, 3.05) is 25.6 Å². The highest BCUT2D eigenvalue weighted by Crippen LogP contribution is 2.29. The molecule has 156 valence electrons. The fourth-order valence-corrected chi connectivity index (χ4v) is 3.83. The van der Waals surface area contributed by atoms with Crippen molar-refractivity contribution >= 4 is 16.6 Å². The van der Waals surface area contributed by atoms with E-state index in [0.29, 0.717) is 18.9 Å². The zero-order valence-corrected chi connectivity index (χ0v) is 16.9. The molecule has 0 radical (unpaired) electrons. The Morgan fingerprint density at radius 1 is 1.13 bits per heavy atom. The Balaban J connectivity index is 1.49. The zero-order chi connectivity index (χ0) is 21.2. The number of hydrogen-bond acceptors (Lipinski definition) is 7. The smallest absolute Gasteiger partial charge is 0.267 e. The molecular weight excluding hydrogens is 394 g/mol. The molecule has 0 amide bonds. The molecule has 4 heterocycles. The summed E-state index contributed by atoms with van der Waals surface area (Å²) in [7, 11) is 1.64. The van der Waals surface area contributed by atoms with Gasteiger partial charge in [0, 0.05) is 41.3 Å². The lowest BCUT2D eigenvalue weighted by molar-refractivity contribution is 0.183. The molecule has 8 nitrogen and oxygen atoms in total. The molecule has 1 saturated heterocycles. The number of methoxy groups -OCH3 is 1. The second kappa shape index (κ2) is 8.16. The minimum absolute atomic E-state index is 0.133. The minimum Gasteiger partial charge on any atom is -0.497 e. The van der Waals surface area contributed by atoms with Gasteiger partial charge in [-0.25, -0.2) is 4.68 Å². The van der Waals surface area contributed by atoms with Crippen LogP contribution in [0.25, 0.3) is 22.2 Å². The summed E-state index contributed by atoms with van der Waals surface area (Å²) in [4.78, 5) is 21.2. The van der Waals surface area contributed by atoms with Gasteiger partial charge in [0.05, 0.1) is 37.6 Å². The molecule has 2 atom stereocenters. The number of aromatic nitrogens is 4. The lowest BCUT2D eigenvalue weighted by Crippen LogP contribution is -2.37. The zero-order valence-electron chi connectivity index (χ0n) is 16.9. The van der Waals surface area contributed by atoms with Crippen LogP contribution in [0.5, 0.6) is 5.75 Å². The molecule has 1 N–H and O–H groups in total. The Labute approximate surface area is 178 Å². The second-order valence-electron chi connectivity index (χ2n) is 7.34. The first kappa shape index (κ1) is 19.2. The number of ether oxygens (including phenoxy) is 2. The fraction of sp³-hybridized carbons (Fsp3) is 0.217. The van der Waals surface area contributed by atoms with Gasteiger partial charge in [-0.15, -0.1) is 0 Å². The standard InChI is InChI=1S/C23H21N5O3/c1-30-16-4-5-19-17(11-16)20(8-10-25-19)26-21-13-31-14-22(21)28-23(29)7-6-18(27-28)15-3-2-9-24-12-15/h2-12,21-22H,13-14H2,1H3,(H,25,26). The summed E-state index contributed by atoms with van der Waals surface area (Å²) in [6.07, 6.45) is 5.20. The van der Waals surface area contributed by atoms with E-state index in [1.54, 1.807) is 31.8 Å². The molecule has 8 heteroatoms. The summed E-state index contributed by atoms with van der Waals surface area (Å²) >= 11 is 0. The average molecular weight is 415 g/mol. The van der Waals surface area contributed by atoms with Crippen LogP contribution < -0.4 is 15.6 Å². The van der Waals surface area contributed by atoms with E-state index in [9.17, 15) is 4.79 Å². The van der Waals surface area contributed by atoms with Gasteiger partial charge in [0.15, 0.2) is 0 Å². The van der Waals surface area contributed by atoms with Gasteiger partial charge < -0.3 is 14.8 Å². The van der Waals surface area contributed by atoms with Gasteiger partial charge in [-0.05, 0) is 42.5 Å². The molecule has 0 aliphatic carbocycles. The SMILES string of the molecule is COc1ccc2nccc(NC3COCC3n3nc(-c4cccnc4)ccc3=O)c2c1. The molecule has 0 saturated carbocycles. The first-order valence-electron chi connectivity index (χ1n) is 10.0. The Hall–Kier alpha value is -3.78. The molecule has 0 bridgehead atoms. The third-order valence-corrected chi connectivity index (χ3v) is 5.44. The van der Waals surface area contributed by atoms with Crippen LogP contribution in [0.15, 0.2) is 71.9 Å². The highest BCUT2D eigenvalue weighted by atomic mass is 16.5. The van der Waals surface area contributed by atoms with Crippen molar-refractivity contribution in [1.29, 1.82) is 0 Å². The lowest BCUT2D eigenvalue weighted by atomic mass is 10.1. The third kappa shape index (κ3) is 3.73. The van der Waals surface area contributed by atoms with Crippen molar-refractivity contribution in [3.8, 4) is 17.0 Å². The number of benzene rings is 1. The van der Waals surface area contributed by atoms with E-state index in [1.807, 2.05) is 36.4 Å². The summed E-state index contributed by atoms with van der Waals surface area (Å²) in [6.45, 7) is 0.858. The van der Waals surface area contributed by atoms with Crippen LogP contribution in [0.3, 0.4) is 0 Å². The largest absolute Gasteiger partial charge is 0.497 e.